The number of halogens is 1. The highest BCUT2D eigenvalue weighted by Crippen LogP contribution is 2.66. The van der Waals surface area contributed by atoms with Crippen molar-refractivity contribution in [3.63, 3.8) is 0 Å². The molecule has 1 aliphatic rings. The van der Waals surface area contributed by atoms with Crippen LogP contribution in [0.4, 0.5) is 4.39 Å². The van der Waals surface area contributed by atoms with Crippen LogP contribution in [0.15, 0.2) is 11.0 Å². The van der Waals surface area contributed by atoms with Crippen molar-refractivity contribution >= 4 is 23.5 Å². The van der Waals surface area contributed by atoms with E-state index in [0.29, 0.717) is 0 Å². The third-order valence-corrected chi connectivity index (χ3v) is 7.28. The van der Waals surface area contributed by atoms with Gasteiger partial charge in [0.2, 0.25) is 5.95 Å². The number of aliphatic hydroxyl groups excluding tert-OH is 1. The Hall–Kier alpha value is -0.900. The second-order valence-corrected chi connectivity index (χ2v) is 10.0. The molecule has 0 aliphatic carbocycles. The molecule has 6 N–H and O–H groups in total. The monoisotopic (exact) mass is 500 g/mol. The third-order valence-electron chi connectivity index (χ3n) is 3.48. The van der Waals surface area contributed by atoms with Crippen molar-refractivity contribution < 1.29 is 65.4 Å². The van der Waals surface area contributed by atoms with E-state index in [2.05, 4.69) is 18.1 Å². The molecule has 1 aromatic rings. The number of hydrogen-bond donors (Lipinski definition) is 6. The number of methoxy groups -OCH3 is 1. The van der Waals surface area contributed by atoms with Gasteiger partial charge < -0.3 is 34.2 Å². The fraction of sp³-hybridized carbons (Fsp3) is 0.600. The minimum Gasteiger partial charge on any atom is -0.387 e. The van der Waals surface area contributed by atoms with Gasteiger partial charge in [-0.05, 0) is 0 Å². The maximum atomic E-state index is 14.0. The first-order valence-electron chi connectivity index (χ1n) is 7.53. The summed E-state index contributed by atoms with van der Waals surface area (Å²) in [6.45, 7) is -0.994. The second-order valence-electron chi connectivity index (χ2n) is 5.62. The summed E-state index contributed by atoms with van der Waals surface area (Å²) in [7, 11) is -15.6. The lowest BCUT2D eigenvalue weighted by atomic mass is 10.1. The molecule has 0 amide bonds. The summed E-state index contributed by atoms with van der Waals surface area (Å²) >= 11 is 0. The standard InChI is InChI=1S/C10H16FN2O14P3/c1-23-9-7(15)4(25-8(9)6-10(11)13-5(14)2-12-6)3-24-29(19,20)27-30(21,22)26-28(16,17)18/h2,4,7-9,15H,3H2,1H3,(H,13,14)(H,19,20)(H,21,22)(H2,16,17,18)/t4-,7?,8+,9+/m1/s1. The van der Waals surface area contributed by atoms with E-state index in [1.807, 2.05) is 4.98 Å². The number of nitrogens with zero attached hydrogens (tertiary/aromatic N) is 1. The molecule has 16 nitrogen and oxygen atoms in total. The zero-order valence-corrected chi connectivity index (χ0v) is 17.4. The summed E-state index contributed by atoms with van der Waals surface area (Å²) in [4.78, 5) is 51.9. The van der Waals surface area contributed by atoms with Crippen molar-refractivity contribution in [1.82, 2.24) is 9.97 Å². The fourth-order valence-electron chi connectivity index (χ4n) is 2.42. The summed E-state index contributed by atoms with van der Waals surface area (Å²) < 4.78 is 69.3. The van der Waals surface area contributed by atoms with Gasteiger partial charge in [-0.15, -0.1) is 0 Å². The van der Waals surface area contributed by atoms with Crippen molar-refractivity contribution in [2.75, 3.05) is 13.7 Å². The van der Waals surface area contributed by atoms with Crippen LogP contribution in [-0.2, 0) is 36.3 Å². The van der Waals surface area contributed by atoms with Gasteiger partial charge in [0.25, 0.3) is 5.56 Å². The topological polar surface area (TPSA) is 244 Å². The third kappa shape index (κ3) is 6.80. The number of ether oxygens (including phenoxy) is 2. The van der Waals surface area contributed by atoms with Crippen molar-refractivity contribution in [3.05, 3.63) is 28.2 Å². The summed E-state index contributed by atoms with van der Waals surface area (Å²) in [6, 6.07) is 0. The van der Waals surface area contributed by atoms with Gasteiger partial charge in [0.15, 0.2) is 0 Å². The zero-order chi connectivity index (χ0) is 22.9. The molecule has 2 heterocycles. The van der Waals surface area contributed by atoms with E-state index < -0.39 is 71.7 Å². The van der Waals surface area contributed by atoms with Crippen LogP contribution in [0.25, 0.3) is 0 Å². The molecule has 0 bridgehead atoms. The molecular weight excluding hydrogens is 484 g/mol. The predicted molar refractivity (Wildman–Crippen MR) is 89.1 cm³/mol. The zero-order valence-electron chi connectivity index (χ0n) is 14.7. The van der Waals surface area contributed by atoms with E-state index in [4.69, 9.17) is 24.2 Å². The van der Waals surface area contributed by atoms with E-state index in [0.717, 1.165) is 13.3 Å². The molecule has 0 radical (unpaired) electrons. The molecule has 1 fully saturated rings. The molecule has 172 valence electrons. The van der Waals surface area contributed by atoms with E-state index >= 15 is 0 Å². The quantitative estimate of drug-likeness (QED) is 0.224. The number of rotatable bonds is 9. The van der Waals surface area contributed by atoms with Gasteiger partial charge in [-0.2, -0.15) is 13.0 Å². The SMILES string of the molecule is CO[C@H]1C(O)[C@@H](COP(=O)(O)OP(=O)(O)OP(=O)(O)O)O[C@H]1c1ncc(=O)[nH]c1F. The fourth-order valence-corrected chi connectivity index (χ4v) is 5.45. The van der Waals surface area contributed by atoms with E-state index in [1.165, 1.54) is 0 Å². The van der Waals surface area contributed by atoms with Crippen molar-refractivity contribution in [2.45, 2.75) is 24.4 Å². The summed E-state index contributed by atoms with van der Waals surface area (Å²) in [5.41, 5.74) is -1.31. The summed E-state index contributed by atoms with van der Waals surface area (Å²) in [5.74, 6) is -1.18. The van der Waals surface area contributed by atoms with Crippen LogP contribution in [0.5, 0.6) is 0 Å². The van der Waals surface area contributed by atoms with Crippen LogP contribution in [0.1, 0.15) is 11.8 Å². The molecular formula is C10H16FN2O14P3. The average Bonchev–Trinajstić information content (AvgIpc) is 2.85. The maximum absolute atomic E-state index is 14.0. The molecule has 3 unspecified atom stereocenters. The van der Waals surface area contributed by atoms with Crippen LogP contribution < -0.4 is 5.56 Å². The average molecular weight is 500 g/mol. The lowest BCUT2D eigenvalue weighted by Crippen LogP contribution is -2.34. The molecule has 30 heavy (non-hydrogen) atoms. The van der Waals surface area contributed by atoms with Crippen molar-refractivity contribution in [1.29, 1.82) is 0 Å². The Kier molecular flexibility index (Phi) is 7.86. The molecule has 1 saturated heterocycles. The molecule has 0 saturated carbocycles. The largest absolute Gasteiger partial charge is 0.490 e. The highest BCUT2D eigenvalue weighted by atomic mass is 31.3. The van der Waals surface area contributed by atoms with Crippen molar-refractivity contribution in [2.24, 2.45) is 0 Å². The normalized spacial score (nSPS) is 28.8. The predicted octanol–water partition coefficient (Wildman–Crippen LogP) is -0.932. The van der Waals surface area contributed by atoms with Crippen LogP contribution in [0.3, 0.4) is 0 Å². The summed E-state index contributed by atoms with van der Waals surface area (Å²) in [6.07, 6.45) is -5.01. The van der Waals surface area contributed by atoms with Crippen LogP contribution in [0, 0.1) is 5.95 Å². The molecule has 1 aromatic heterocycles. The Bertz CT molecular complexity index is 966. The number of aromatic nitrogens is 2. The Morgan fingerprint density at radius 2 is 1.83 bits per heavy atom. The van der Waals surface area contributed by atoms with Gasteiger partial charge in [-0.3, -0.25) is 14.3 Å². The van der Waals surface area contributed by atoms with Gasteiger partial charge in [0, 0.05) is 7.11 Å². The molecule has 1 aliphatic heterocycles. The van der Waals surface area contributed by atoms with Crippen LogP contribution >= 0.6 is 23.5 Å². The van der Waals surface area contributed by atoms with E-state index in [1.54, 1.807) is 0 Å². The van der Waals surface area contributed by atoms with Gasteiger partial charge >= 0.3 is 23.5 Å². The van der Waals surface area contributed by atoms with E-state index in [-0.39, 0.29) is 0 Å². The number of aliphatic hydroxyl groups is 1. The Balaban J connectivity index is 2.09. The number of phosphoric ester groups is 1. The minimum atomic E-state index is -5.72. The number of phosphoric acid groups is 3. The van der Waals surface area contributed by atoms with Gasteiger partial charge in [0.05, 0.1) is 12.8 Å². The highest BCUT2D eigenvalue weighted by molar-refractivity contribution is 7.66. The maximum Gasteiger partial charge on any atom is 0.490 e. The number of hydrogen-bond acceptors (Lipinski definition) is 11. The molecule has 2 rings (SSSR count). The first kappa shape index (κ1) is 25.4. The van der Waals surface area contributed by atoms with Crippen molar-refractivity contribution in [3.8, 4) is 0 Å². The molecule has 0 spiro atoms. The highest BCUT2D eigenvalue weighted by Gasteiger charge is 2.48. The summed E-state index contributed by atoms with van der Waals surface area (Å²) in [5, 5.41) is 10.2. The smallest absolute Gasteiger partial charge is 0.387 e. The Labute approximate surface area is 166 Å². The number of nitrogens with one attached hydrogen (secondary N) is 1. The Morgan fingerprint density at radius 3 is 2.37 bits per heavy atom. The lowest BCUT2D eigenvalue weighted by Gasteiger charge is -2.19. The Morgan fingerprint density at radius 1 is 1.20 bits per heavy atom. The van der Waals surface area contributed by atoms with Gasteiger partial charge in [-0.1, -0.05) is 0 Å². The first-order valence-corrected chi connectivity index (χ1v) is 12.1. The van der Waals surface area contributed by atoms with Gasteiger partial charge in [-0.25, -0.2) is 18.7 Å². The number of aromatic amines is 1. The molecule has 6 atom stereocenters. The molecule has 0 aromatic carbocycles. The first-order chi connectivity index (χ1) is 13.6. The van der Waals surface area contributed by atoms with Crippen LogP contribution in [0.2, 0.25) is 0 Å². The second kappa shape index (κ2) is 9.30. The minimum absolute atomic E-state index is 0.457. The van der Waals surface area contributed by atoms with Crippen LogP contribution in [-0.4, -0.2) is 66.7 Å². The van der Waals surface area contributed by atoms with E-state index in [9.17, 15) is 32.9 Å². The lowest BCUT2D eigenvalue weighted by molar-refractivity contribution is -0.0262. The van der Waals surface area contributed by atoms with Gasteiger partial charge in [0.1, 0.15) is 30.1 Å². The molecule has 20 heteroatoms. The number of H-pyrrole nitrogens is 1.